The van der Waals surface area contributed by atoms with Crippen molar-refractivity contribution >= 4 is 0 Å². The molecule has 0 radical (unpaired) electrons. The molecule has 17 heteroatoms. The molecule has 14 N–H and O–H groups in total. The van der Waals surface area contributed by atoms with E-state index in [4.69, 9.17) is 24.7 Å². The second kappa shape index (κ2) is 9.89. The Labute approximate surface area is 197 Å². The summed E-state index contributed by atoms with van der Waals surface area (Å²) in [6.07, 6.45) is -24.6. The van der Waals surface area contributed by atoms with Gasteiger partial charge in [-0.15, -0.1) is 0 Å². The summed E-state index contributed by atoms with van der Waals surface area (Å²) in [6.45, 7) is -1.36. The standard InChI is InChI=1S/C18H33NO16/c1-4-17(30,11(26)8(24)14(29)32-4)16(3-21)18(19,31)12(27)9(25)15(35-16)34-10-5(2-20)33-13(28)7(23)6(10)22/h4-15,20-31H,2-3,19H2,1H3/t4-,5+,6+,7+,8-,9+,10+,11+,12-,13+,14?,15-,16+,17+,18+/m0/s1. The smallest absolute Gasteiger partial charge is 0.187 e. The summed E-state index contributed by atoms with van der Waals surface area (Å²) in [5, 5.41) is 124. The van der Waals surface area contributed by atoms with Crippen molar-refractivity contribution in [2.75, 3.05) is 13.2 Å². The zero-order valence-corrected chi connectivity index (χ0v) is 18.4. The fourth-order valence-corrected chi connectivity index (χ4v) is 4.83. The second-order valence-corrected chi connectivity index (χ2v) is 8.99. The van der Waals surface area contributed by atoms with E-state index in [1.54, 1.807) is 0 Å². The van der Waals surface area contributed by atoms with Crippen molar-refractivity contribution in [3.8, 4) is 0 Å². The van der Waals surface area contributed by atoms with Crippen LogP contribution in [-0.2, 0) is 18.9 Å². The van der Waals surface area contributed by atoms with E-state index in [0.717, 1.165) is 6.92 Å². The molecule has 17 nitrogen and oxygen atoms in total. The third-order valence-corrected chi connectivity index (χ3v) is 7.05. The maximum absolute atomic E-state index is 11.5. The van der Waals surface area contributed by atoms with Gasteiger partial charge < -0.3 is 80.2 Å². The maximum Gasteiger partial charge on any atom is 0.187 e. The Bertz CT molecular complexity index is 743. The molecule has 0 bridgehead atoms. The van der Waals surface area contributed by atoms with Gasteiger partial charge in [0.05, 0.1) is 19.3 Å². The van der Waals surface area contributed by atoms with Crippen LogP contribution in [0.15, 0.2) is 0 Å². The molecule has 0 saturated carbocycles. The van der Waals surface area contributed by atoms with Crippen LogP contribution in [0.5, 0.6) is 0 Å². The molecule has 0 spiro atoms. The normalized spacial score (nSPS) is 57.8. The predicted octanol–water partition coefficient (Wildman–Crippen LogP) is -8.55. The minimum absolute atomic E-state index is 0.888. The zero-order chi connectivity index (χ0) is 26.7. The minimum Gasteiger partial charge on any atom is -0.394 e. The maximum atomic E-state index is 11.5. The van der Waals surface area contributed by atoms with E-state index in [-0.39, 0.29) is 0 Å². The summed E-state index contributed by atoms with van der Waals surface area (Å²) in [5.41, 5.74) is -3.71. The van der Waals surface area contributed by atoms with Crippen molar-refractivity contribution in [2.45, 2.75) is 97.7 Å². The van der Waals surface area contributed by atoms with Gasteiger partial charge in [-0.3, -0.25) is 5.73 Å². The summed E-state index contributed by atoms with van der Waals surface area (Å²) in [6, 6.07) is 0. The highest BCUT2D eigenvalue weighted by atomic mass is 16.7. The van der Waals surface area contributed by atoms with Crippen molar-refractivity contribution in [1.82, 2.24) is 0 Å². The summed E-state index contributed by atoms with van der Waals surface area (Å²) >= 11 is 0. The molecule has 3 saturated heterocycles. The molecule has 35 heavy (non-hydrogen) atoms. The Hall–Kier alpha value is -0.680. The Morgan fingerprint density at radius 3 is 1.91 bits per heavy atom. The first kappa shape index (κ1) is 28.9. The molecule has 0 aromatic rings. The molecular formula is C18H33NO16. The van der Waals surface area contributed by atoms with Crippen LogP contribution in [0.2, 0.25) is 0 Å². The van der Waals surface area contributed by atoms with Crippen molar-refractivity contribution in [3.63, 3.8) is 0 Å². The van der Waals surface area contributed by atoms with Crippen LogP contribution in [0.1, 0.15) is 6.92 Å². The summed E-state index contributed by atoms with van der Waals surface area (Å²) in [7, 11) is 0. The average Bonchev–Trinajstić information content (AvgIpc) is 2.81. The molecule has 0 aromatic carbocycles. The topological polar surface area (TPSA) is 306 Å². The molecule has 3 heterocycles. The van der Waals surface area contributed by atoms with Gasteiger partial charge in [-0.1, -0.05) is 0 Å². The van der Waals surface area contributed by atoms with E-state index < -0.39 is 104 Å². The van der Waals surface area contributed by atoms with E-state index in [1.807, 2.05) is 0 Å². The lowest BCUT2D eigenvalue weighted by molar-refractivity contribution is -0.448. The molecule has 3 aliphatic heterocycles. The first-order chi connectivity index (χ1) is 16.1. The number of rotatable bonds is 5. The van der Waals surface area contributed by atoms with Gasteiger partial charge in [0, 0.05) is 0 Å². The number of aliphatic hydroxyl groups excluding tert-OH is 10. The molecule has 0 amide bonds. The van der Waals surface area contributed by atoms with Gasteiger partial charge in [0.1, 0.15) is 48.8 Å². The fourth-order valence-electron chi connectivity index (χ4n) is 4.83. The van der Waals surface area contributed by atoms with E-state index >= 15 is 0 Å². The largest absolute Gasteiger partial charge is 0.394 e. The van der Waals surface area contributed by atoms with Gasteiger partial charge in [-0.05, 0) is 6.92 Å². The Morgan fingerprint density at radius 1 is 0.800 bits per heavy atom. The monoisotopic (exact) mass is 519 g/mol. The number of hydrogen-bond acceptors (Lipinski definition) is 17. The van der Waals surface area contributed by atoms with Crippen molar-refractivity contribution in [3.05, 3.63) is 0 Å². The highest BCUT2D eigenvalue weighted by Crippen LogP contribution is 2.49. The Morgan fingerprint density at radius 2 is 1.37 bits per heavy atom. The average molecular weight is 519 g/mol. The highest BCUT2D eigenvalue weighted by Gasteiger charge is 2.76. The van der Waals surface area contributed by atoms with Crippen molar-refractivity contribution in [2.24, 2.45) is 5.73 Å². The molecular weight excluding hydrogens is 486 g/mol. The molecule has 15 atom stereocenters. The zero-order valence-electron chi connectivity index (χ0n) is 18.4. The van der Waals surface area contributed by atoms with Crippen LogP contribution in [0, 0.1) is 0 Å². The molecule has 206 valence electrons. The Kier molecular flexibility index (Phi) is 8.16. The number of aliphatic hydroxyl groups is 12. The van der Waals surface area contributed by atoms with Crippen LogP contribution >= 0.6 is 0 Å². The highest BCUT2D eigenvalue weighted by molar-refractivity contribution is 5.23. The van der Waals surface area contributed by atoms with Gasteiger partial charge >= 0.3 is 0 Å². The van der Waals surface area contributed by atoms with Crippen molar-refractivity contribution in [1.29, 1.82) is 0 Å². The molecule has 3 fully saturated rings. The van der Waals surface area contributed by atoms with Crippen LogP contribution in [0.25, 0.3) is 0 Å². The summed E-state index contributed by atoms with van der Waals surface area (Å²) < 4.78 is 20.8. The van der Waals surface area contributed by atoms with Gasteiger partial charge in [0.15, 0.2) is 35.8 Å². The number of nitrogens with two attached hydrogens (primary N) is 1. The van der Waals surface area contributed by atoms with Crippen LogP contribution in [0.3, 0.4) is 0 Å². The van der Waals surface area contributed by atoms with Crippen LogP contribution in [0.4, 0.5) is 0 Å². The summed E-state index contributed by atoms with van der Waals surface area (Å²) in [5.74, 6) is 0. The third kappa shape index (κ3) is 4.10. The first-order valence-electron chi connectivity index (χ1n) is 10.7. The quantitative estimate of drug-likeness (QED) is 0.150. The predicted molar refractivity (Wildman–Crippen MR) is 104 cm³/mol. The van der Waals surface area contributed by atoms with Gasteiger partial charge in [0.25, 0.3) is 0 Å². The molecule has 1 unspecified atom stereocenters. The fraction of sp³-hybridized carbons (Fsp3) is 1.00. The summed E-state index contributed by atoms with van der Waals surface area (Å²) in [4.78, 5) is 0. The van der Waals surface area contributed by atoms with E-state index in [2.05, 4.69) is 0 Å². The first-order valence-corrected chi connectivity index (χ1v) is 10.7. The molecule has 3 rings (SSSR count). The second-order valence-electron chi connectivity index (χ2n) is 8.99. The van der Waals surface area contributed by atoms with Gasteiger partial charge in [-0.25, -0.2) is 0 Å². The van der Waals surface area contributed by atoms with E-state index in [1.165, 1.54) is 0 Å². The van der Waals surface area contributed by atoms with Crippen molar-refractivity contribution < 1.29 is 80.2 Å². The SMILES string of the molecule is C[C@@H]1OC(O)[C@@H](O)[C@@H](O)[C@@]1(O)[C@@]1(CO)O[C@H](O[C@H]2[C@H](O)[C@@H](O)[C@H](O)O[C@@H]2CO)[C@H](O)[C@H](O)[C@@]1(N)O. The molecule has 0 aliphatic carbocycles. The van der Waals surface area contributed by atoms with Crippen LogP contribution in [-0.4, -0.2) is 165 Å². The van der Waals surface area contributed by atoms with Gasteiger partial charge in [0.2, 0.25) is 0 Å². The number of hydrogen-bond donors (Lipinski definition) is 13. The minimum atomic E-state index is -3.29. The molecule has 0 aromatic heterocycles. The lowest BCUT2D eigenvalue weighted by Crippen LogP contribution is -2.89. The number of ether oxygens (including phenoxy) is 4. The van der Waals surface area contributed by atoms with Crippen LogP contribution < -0.4 is 5.73 Å². The Balaban J connectivity index is 2.05. The van der Waals surface area contributed by atoms with E-state index in [0.29, 0.717) is 0 Å². The van der Waals surface area contributed by atoms with Gasteiger partial charge in [-0.2, -0.15) is 0 Å². The lowest BCUT2D eigenvalue weighted by Gasteiger charge is -2.63. The third-order valence-electron chi connectivity index (χ3n) is 7.05. The van der Waals surface area contributed by atoms with E-state index in [9.17, 15) is 61.3 Å². The lowest BCUT2D eigenvalue weighted by atomic mass is 9.64. The molecule has 3 aliphatic rings.